The van der Waals surface area contributed by atoms with Gasteiger partial charge in [0, 0.05) is 10.4 Å². The molecule has 0 bridgehead atoms. The van der Waals surface area contributed by atoms with Crippen LogP contribution in [0.5, 0.6) is 5.75 Å². The van der Waals surface area contributed by atoms with E-state index in [0.29, 0.717) is 17.9 Å². The molecule has 0 atom stereocenters. The van der Waals surface area contributed by atoms with Crippen LogP contribution in [0.2, 0.25) is 0 Å². The van der Waals surface area contributed by atoms with Crippen LogP contribution in [0.3, 0.4) is 0 Å². The molecule has 1 aromatic heterocycles. The van der Waals surface area contributed by atoms with E-state index in [0.717, 1.165) is 14.9 Å². The van der Waals surface area contributed by atoms with Gasteiger partial charge in [-0.25, -0.2) is 0 Å². The minimum absolute atomic E-state index is 0.526. The fourth-order valence-electron chi connectivity index (χ4n) is 1.26. The number of halogens is 1. The molecule has 4 heteroatoms. The third kappa shape index (κ3) is 2.93. The van der Waals surface area contributed by atoms with Gasteiger partial charge in [0.2, 0.25) is 0 Å². The van der Waals surface area contributed by atoms with E-state index in [1.165, 1.54) is 0 Å². The van der Waals surface area contributed by atoms with Gasteiger partial charge in [0.25, 0.3) is 0 Å². The topological polar surface area (TPSA) is 26.3 Å². The van der Waals surface area contributed by atoms with Crippen LogP contribution >= 0.6 is 27.3 Å². The van der Waals surface area contributed by atoms with Crippen molar-refractivity contribution in [3.8, 4) is 5.75 Å². The van der Waals surface area contributed by atoms with Crippen LogP contribution in [-0.4, -0.2) is 6.29 Å². The minimum Gasteiger partial charge on any atom is -0.488 e. The molecule has 0 aliphatic heterocycles. The number of ether oxygens (including phenoxy) is 1. The standard InChI is InChI=1S/C12H9BrO2S/c13-12-5-4-11(16-12)8-15-10-3-1-2-9(6-10)7-14/h1-7H,8H2. The summed E-state index contributed by atoms with van der Waals surface area (Å²) >= 11 is 5.04. The van der Waals surface area contributed by atoms with Crippen molar-refractivity contribution >= 4 is 33.6 Å². The molecular weight excluding hydrogens is 288 g/mol. The second kappa shape index (κ2) is 5.27. The molecule has 1 aromatic carbocycles. The summed E-state index contributed by atoms with van der Waals surface area (Å²) in [6.07, 6.45) is 0.814. The van der Waals surface area contributed by atoms with Gasteiger partial charge >= 0.3 is 0 Å². The number of carbonyl (C=O) groups excluding carboxylic acids is 1. The monoisotopic (exact) mass is 296 g/mol. The Morgan fingerprint density at radius 2 is 2.19 bits per heavy atom. The van der Waals surface area contributed by atoms with Crippen LogP contribution in [0.1, 0.15) is 15.2 Å². The van der Waals surface area contributed by atoms with Crippen LogP contribution in [0.25, 0.3) is 0 Å². The summed E-state index contributed by atoms with van der Waals surface area (Å²) in [5.74, 6) is 0.717. The zero-order valence-corrected chi connectivity index (χ0v) is 10.8. The molecule has 2 rings (SSSR count). The molecule has 0 spiro atoms. The number of rotatable bonds is 4. The predicted molar refractivity (Wildman–Crippen MR) is 68.2 cm³/mol. The molecule has 0 amide bonds. The van der Waals surface area contributed by atoms with Gasteiger partial charge in [0.05, 0.1) is 3.79 Å². The minimum atomic E-state index is 0.526. The lowest BCUT2D eigenvalue weighted by Gasteiger charge is -2.04. The van der Waals surface area contributed by atoms with Gasteiger partial charge in [-0.05, 0) is 40.2 Å². The molecule has 2 aromatic rings. The highest BCUT2D eigenvalue weighted by atomic mass is 79.9. The number of benzene rings is 1. The quantitative estimate of drug-likeness (QED) is 0.800. The van der Waals surface area contributed by atoms with E-state index in [9.17, 15) is 4.79 Å². The van der Waals surface area contributed by atoms with Crippen molar-refractivity contribution in [1.29, 1.82) is 0 Å². The van der Waals surface area contributed by atoms with Crippen LogP contribution in [-0.2, 0) is 6.61 Å². The SMILES string of the molecule is O=Cc1cccc(OCc2ccc(Br)s2)c1. The molecule has 0 fully saturated rings. The molecule has 2 nitrogen and oxygen atoms in total. The second-order valence-electron chi connectivity index (χ2n) is 3.18. The Bertz CT molecular complexity index is 493. The fourth-order valence-corrected chi connectivity index (χ4v) is 2.66. The normalized spacial score (nSPS) is 10.1. The zero-order chi connectivity index (χ0) is 11.4. The van der Waals surface area contributed by atoms with Gasteiger partial charge < -0.3 is 4.74 Å². The average molecular weight is 297 g/mol. The highest BCUT2D eigenvalue weighted by molar-refractivity contribution is 9.11. The van der Waals surface area contributed by atoms with Gasteiger partial charge in [-0.1, -0.05) is 12.1 Å². The number of carbonyl (C=O) groups is 1. The first-order valence-electron chi connectivity index (χ1n) is 4.70. The maximum Gasteiger partial charge on any atom is 0.150 e. The Labute approximate surface area is 106 Å². The maximum absolute atomic E-state index is 10.6. The Kier molecular flexibility index (Phi) is 3.74. The molecule has 0 N–H and O–H groups in total. The lowest BCUT2D eigenvalue weighted by atomic mass is 10.2. The molecule has 0 aliphatic rings. The van der Waals surface area contributed by atoms with Crippen LogP contribution in [0.4, 0.5) is 0 Å². The van der Waals surface area contributed by atoms with Crippen molar-refractivity contribution in [1.82, 2.24) is 0 Å². The van der Waals surface area contributed by atoms with Crippen molar-refractivity contribution in [2.24, 2.45) is 0 Å². The fraction of sp³-hybridized carbons (Fsp3) is 0.0833. The molecule has 0 aliphatic carbocycles. The van der Waals surface area contributed by atoms with E-state index >= 15 is 0 Å². The molecule has 0 unspecified atom stereocenters. The van der Waals surface area contributed by atoms with E-state index in [4.69, 9.17) is 4.74 Å². The van der Waals surface area contributed by atoms with Crippen LogP contribution < -0.4 is 4.74 Å². The van der Waals surface area contributed by atoms with Crippen LogP contribution in [0.15, 0.2) is 40.2 Å². The third-order valence-electron chi connectivity index (χ3n) is 2.00. The lowest BCUT2D eigenvalue weighted by molar-refractivity contribution is 0.112. The van der Waals surface area contributed by atoms with Gasteiger partial charge in [0.15, 0.2) is 0 Å². The first-order valence-corrected chi connectivity index (χ1v) is 6.31. The molecular formula is C12H9BrO2S. The van der Waals surface area contributed by atoms with Gasteiger partial charge in [-0.15, -0.1) is 11.3 Å². The first-order chi connectivity index (χ1) is 7.78. The lowest BCUT2D eigenvalue weighted by Crippen LogP contribution is -1.93. The Morgan fingerprint density at radius 1 is 1.31 bits per heavy atom. The van der Waals surface area contributed by atoms with Crippen molar-refractivity contribution in [2.45, 2.75) is 6.61 Å². The van der Waals surface area contributed by atoms with Crippen molar-refractivity contribution in [2.75, 3.05) is 0 Å². The summed E-state index contributed by atoms with van der Waals surface area (Å²) < 4.78 is 6.67. The van der Waals surface area contributed by atoms with Crippen molar-refractivity contribution < 1.29 is 9.53 Å². The third-order valence-corrected chi connectivity index (χ3v) is 3.60. The molecule has 0 saturated heterocycles. The van der Waals surface area contributed by atoms with E-state index in [-0.39, 0.29) is 0 Å². The summed E-state index contributed by atoms with van der Waals surface area (Å²) in [4.78, 5) is 11.7. The van der Waals surface area contributed by atoms with Crippen molar-refractivity contribution in [3.63, 3.8) is 0 Å². The molecule has 82 valence electrons. The summed E-state index contributed by atoms with van der Waals surface area (Å²) in [6, 6.07) is 11.1. The van der Waals surface area contributed by atoms with E-state index < -0.39 is 0 Å². The second-order valence-corrected chi connectivity index (χ2v) is 5.73. The molecule has 0 saturated carbocycles. The number of aldehydes is 1. The van der Waals surface area contributed by atoms with E-state index in [2.05, 4.69) is 15.9 Å². The summed E-state index contributed by atoms with van der Waals surface area (Å²) in [5, 5.41) is 0. The Balaban J connectivity index is 2.01. The van der Waals surface area contributed by atoms with Gasteiger partial charge in [-0.3, -0.25) is 4.79 Å². The maximum atomic E-state index is 10.6. The Morgan fingerprint density at radius 3 is 2.88 bits per heavy atom. The van der Waals surface area contributed by atoms with Gasteiger partial charge in [-0.2, -0.15) is 0 Å². The summed E-state index contributed by atoms with van der Waals surface area (Å²) in [5.41, 5.74) is 0.630. The Hall–Kier alpha value is -1.13. The predicted octanol–water partition coefficient (Wildman–Crippen LogP) is 3.90. The first kappa shape index (κ1) is 11.4. The highest BCUT2D eigenvalue weighted by Crippen LogP contribution is 2.23. The van der Waals surface area contributed by atoms with Gasteiger partial charge in [0.1, 0.15) is 18.6 Å². The number of hydrogen-bond donors (Lipinski definition) is 0. The average Bonchev–Trinajstić information content (AvgIpc) is 2.73. The van der Waals surface area contributed by atoms with E-state index in [1.54, 1.807) is 23.5 Å². The smallest absolute Gasteiger partial charge is 0.150 e. The molecule has 1 heterocycles. The number of hydrogen-bond acceptors (Lipinski definition) is 3. The van der Waals surface area contributed by atoms with E-state index in [1.807, 2.05) is 24.3 Å². The number of thiophene rings is 1. The van der Waals surface area contributed by atoms with Crippen LogP contribution in [0, 0.1) is 0 Å². The summed E-state index contributed by atoms with van der Waals surface area (Å²) in [6.45, 7) is 0.526. The zero-order valence-electron chi connectivity index (χ0n) is 8.35. The highest BCUT2D eigenvalue weighted by Gasteiger charge is 2.00. The summed E-state index contributed by atoms with van der Waals surface area (Å²) in [7, 11) is 0. The largest absolute Gasteiger partial charge is 0.488 e. The van der Waals surface area contributed by atoms with Crippen molar-refractivity contribution in [3.05, 3.63) is 50.6 Å². The molecule has 16 heavy (non-hydrogen) atoms. The molecule has 0 radical (unpaired) electrons.